The van der Waals surface area contributed by atoms with Crippen LogP contribution in [0.15, 0.2) is 12.1 Å². The zero-order valence-corrected chi connectivity index (χ0v) is 8.83. The van der Waals surface area contributed by atoms with Gasteiger partial charge in [0.15, 0.2) is 0 Å². The van der Waals surface area contributed by atoms with Crippen molar-refractivity contribution in [3.8, 4) is 0 Å². The topological polar surface area (TPSA) is 52.6 Å². The minimum absolute atomic E-state index is 0.0948. The molecule has 0 aromatic heterocycles. The maximum atomic E-state index is 13.3. The van der Waals surface area contributed by atoms with Gasteiger partial charge in [-0.15, -0.1) is 0 Å². The quantitative estimate of drug-likeness (QED) is 0.695. The average Bonchev–Trinajstić information content (AvgIpc) is 2.26. The molecule has 0 amide bonds. The first-order valence-corrected chi connectivity index (χ1v) is 4.79. The van der Waals surface area contributed by atoms with E-state index < -0.39 is 29.7 Å². The second-order valence-corrected chi connectivity index (χ2v) is 3.54. The van der Waals surface area contributed by atoms with Gasteiger partial charge in [-0.2, -0.15) is 0 Å². The Morgan fingerprint density at radius 2 is 2.18 bits per heavy atom. The number of hydrogen-bond donors (Lipinski definition) is 0. The summed E-state index contributed by atoms with van der Waals surface area (Å²) in [6.07, 6.45) is -1.25. The Labute approximate surface area is 95.1 Å². The van der Waals surface area contributed by atoms with Crippen LogP contribution < -0.4 is 0 Å². The van der Waals surface area contributed by atoms with Crippen molar-refractivity contribution >= 4 is 11.9 Å². The second kappa shape index (κ2) is 4.12. The van der Waals surface area contributed by atoms with Gasteiger partial charge >= 0.3 is 11.9 Å². The highest BCUT2D eigenvalue weighted by Gasteiger charge is 2.34. The van der Waals surface area contributed by atoms with Crippen molar-refractivity contribution in [3.63, 3.8) is 0 Å². The van der Waals surface area contributed by atoms with Crippen LogP contribution in [0.1, 0.15) is 15.9 Å². The molecule has 1 aliphatic rings. The number of carbonyl (C=O) groups excluding carboxylic acids is 2. The van der Waals surface area contributed by atoms with E-state index in [1.807, 2.05) is 0 Å². The number of carbonyl (C=O) groups is 2. The van der Waals surface area contributed by atoms with Crippen LogP contribution in [-0.4, -0.2) is 25.2 Å². The third-order valence-electron chi connectivity index (χ3n) is 2.46. The molecule has 1 aromatic rings. The van der Waals surface area contributed by atoms with Gasteiger partial charge in [0.2, 0.25) is 6.10 Å². The number of hydrogen-bond acceptors (Lipinski definition) is 4. The SMILES string of the molecule is COC(=O)C1Cc2cc(F)cc(F)c2C(=O)O1. The van der Waals surface area contributed by atoms with Crippen molar-refractivity contribution in [1.82, 2.24) is 0 Å². The Hall–Kier alpha value is -1.98. The lowest BCUT2D eigenvalue weighted by Crippen LogP contribution is -2.35. The lowest BCUT2D eigenvalue weighted by atomic mass is 9.98. The first-order valence-electron chi connectivity index (χ1n) is 4.79. The number of ether oxygens (including phenoxy) is 2. The van der Waals surface area contributed by atoms with Crippen LogP contribution >= 0.6 is 0 Å². The Morgan fingerprint density at radius 1 is 1.47 bits per heavy atom. The van der Waals surface area contributed by atoms with Gasteiger partial charge in [-0.3, -0.25) is 0 Å². The smallest absolute Gasteiger partial charge is 0.347 e. The van der Waals surface area contributed by atoms with Crippen LogP contribution in [0.25, 0.3) is 0 Å². The lowest BCUT2D eigenvalue weighted by Gasteiger charge is -2.22. The number of rotatable bonds is 1. The molecule has 1 unspecified atom stereocenters. The highest BCUT2D eigenvalue weighted by molar-refractivity contribution is 5.95. The fourth-order valence-electron chi connectivity index (χ4n) is 1.71. The van der Waals surface area contributed by atoms with E-state index in [9.17, 15) is 18.4 Å². The van der Waals surface area contributed by atoms with E-state index in [4.69, 9.17) is 4.74 Å². The number of cyclic esters (lactones) is 1. The largest absolute Gasteiger partial charge is 0.466 e. The van der Waals surface area contributed by atoms with Crippen molar-refractivity contribution in [2.24, 2.45) is 0 Å². The maximum Gasteiger partial charge on any atom is 0.347 e. The van der Waals surface area contributed by atoms with Crippen LogP contribution in [0.4, 0.5) is 8.78 Å². The number of halogens is 2. The number of esters is 2. The summed E-state index contributed by atoms with van der Waals surface area (Å²) in [5.41, 5.74) is -0.222. The molecular formula is C11H8F2O4. The van der Waals surface area contributed by atoms with Crippen molar-refractivity contribution in [1.29, 1.82) is 0 Å². The van der Waals surface area contributed by atoms with Crippen LogP contribution in [0.3, 0.4) is 0 Å². The molecule has 0 fully saturated rings. The molecule has 0 aliphatic carbocycles. The molecular weight excluding hydrogens is 234 g/mol. The fourth-order valence-corrected chi connectivity index (χ4v) is 1.71. The van der Waals surface area contributed by atoms with Crippen molar-refractivity contribution in [3.05, 3.63) is 34.9 Å². The van der Waals surface area contributed by atoms with Gasteiger partial charge in [-0.1, -0.05) is 0 Å². The molecule has 90 valence electrons. The van der Waals surface area contributed by atoms with Gasteiger partial charge < -0.3 is 9.47 Å². The molecule has 17 heavy (non-hydrogen) atoms. The molecule has 0 spiro atoms. The Bertz CT molecular complexity index is 498. The van der Waals surface area contributed by atoms with Crippen molar-refractivity contribution < 1.29 is 27.8 Å². The zero-order chi connectivity index (χ0) is 12.6. The van der Waals surface area contributed by atoms with E-state index in [0.717, 1.165) is 13.2 Å². The minimum atomic E-state index is -1.15. The summed E-state index contributed by atoms with van der Waals surface area (Å²) < 4.78 is 35.4. The molecule has 1 aromatic carbocycles. The normalized spacial score (nSPS) is 18.3. The first-order chi connectivity index (χ1) is 8.02. The standard InChI is InChI=1S/C11H8F2O4/c1-16-10(14)8-3-5-2-6(12)4-7(13)9(5)11(15)17-8/h2,4,8H,3H2,1H3. The lowest BCUT2D eigenvalue weighted by molar-refractivity contribution is -0.151. The molecule has 4 nitrogen and oxygen atoms in total. The first kappa shape index (κ1) is 11.5. The van der Waals surface area contributed by atoms with Gasteiger partial charge in [0.25, 0.3) is 0 Å². The van der Waals surface area contributed by atoms with E-state index >= 15 is 0 Å². The van der Waals surface area contributed by atoms with Gasteiger partial charge in [-0.25, -0.2) is 18.4 Å². The molecule has 0 saturated carbocycles. The monoisotopic (exact) mass is 242 g/mol. The molecule has 2 rings (SSSR count). The molecule has 1 heterocycles. The Kier molecular flexibility index (Phi) is 2.79. The highest BCUT2D eigenvalue weighted by atomic mass is 19.1. The summed E-state index contributed by atoms with van der Waals surface area (Å²) in [5.74, 6) is -3.54. The van der Waals surface area contributed by atoms with Gasteiger partial charge in [0, 0.05) is 12.5 Å². The third kappa shape index (κ3) is 1.98. The predicted molar refractivity (Wildman–Crippen MR) is 51.3 cm³/mol. The van der Waals surface area contributed by atoms with Crippen LogP contribution in [0, 0.1) is 11.6 Å². The minimum Gasteiger partial charge on any atom is -0.466 e. The van der Waals surface area contributed by atoms with Gasteiger partial charge in [-0.05, 0) is 11.6 Å². The zero-order valence-electron chi connectivity index (χ0n) is 8.83. The molecule has 0 bridgehead atoms. The summed E-state index contributed by atoms with van der Waals surface area (Å²) in [5, 5.41) is 0. The van der Waals surface area contributed by atoms with Crippen LogP contribution in [0.5, 0.6) is 0 Å². The summed E-state index contributed by atoms with van der Waals surface area (Å²) in [6, 6.07) is 1.60. The molecule has 1 atom stereocenters. The summed E-state index contributed by atoms with van der Waals surface area (Å²) in [4.78, 5) is 22.7. The Morgan fingerprint density at radius 3 is 2.82 bits per heavy atom. The highest BCUT2D eigenvalue weighted by Crippen LogP contribution is 2.24. The third-order valence-corrected chi connectivity index (χ3v) is 2.46. The fraction of sp³-hybridized carbons (Fsp3) is 0.273. The number of fused-ring (bicyclic) bond motifs is 1. The molecule has 0 saturated heterocycles. The van der Waals surface area contributed by atoms with Crippen molar-refractivity contribution in [2.45, 2.75) is 12.5 Å². The van der Waals surface area contributed by atoms with E-state index in [0.29, 0.717) is 6.07 Å². The maximum absolute atomic E-state index is 13.3. The van der Waals surface area contributed by atoms with E-state index in [-0.39, 0.29) is 17.5 Å². The number of benzene rings is 1. The number of methoxy groups -OCH3 is 1. The van der Waals surface area contributed by atoms with Crippen LogP contribution in [0.2, 0.25) is 0 Å². The summed E-state index contributed by atoms with van der Waals surface area (Å²) in [6.45, 7) is 0. The summed E-state index contributed by atoms with van der Waals surface area (Å²) in [7, 11) is 1.14. The van der Waals surface area contributed by atoms with Crippen molar-refractivity contribution in [2.75, 3.05) is 7.11 Å². The second-order valence-electron chi connectivity index (χ2n) is 3.54. The molecule has 0 radical (unpaired) electrons. The average molecular weight is 242 g/mol. The van der Waals surface area contributed by atoms with E-state index in [1.165, 1.54) is 0 Å². The van der Waals surface area contributed by atoms with E-state index in [2.05, 4.69) is 4.74 Å². The Balaban J connectivity index is 2.43. The predicted octanol–water partition coefficient (Wildman–Crippen LogP) is 1.22. The van der Waals surface area contributed by atoms with Gasteiger partial charge in [0.05, 0.1) is 12.7 Å². The van der Waals surface area contributed by atoms with E-state index in [1.54, 1.807) is 0 Å². The van der Waals surface area contributed by atoms with Crippen LogP contribution in [-0.2, 0) is 20.7 Å². The molecule has 0 N–H and O–H groups in total. The van der Waals surface area contributed by atoms with Gasteiger partial charge in [0.1, 0.15) is 11.6 Å². The molecule has 1 aliphatic heterocycles. The summed E-state index contributed by atoms with van der Waals surface area (Å²) >= 11 is 0. The molecule has 6 heteroatoms.